The molecule has 2 N–H and O–H groups in total. The van der Waals surface area contributed by atoms with Crippen molar-refractivity contribution in [3.8, 4) is 17.0 Å². The highest BCUT2D eigenvalue weighted by atomic mass is 79.9. The zero-order chi connectivity index (χ0) is 15.0. The minimum Gasteiger partial charge on any atom is -0.507 e. The standard InChI is InChI=1S/C16H10BrNO3/c17-11-5-3-6-12-15(11)10(16(20)21)8-13(18-12)9-4-1-2-7-14(9)19/h1-8,19H,(H,20,21). The average molecular weight is 344 g/mol. The fourth-order valence-electron chi connectivity index (χ4n) is 2.24. The third kappa shape index (κ3) is 2.36. The number of benzene rings is 2. The van der Waals surface area contributed by atoms with Crippen LogP contribution >= 0.6 is 15.9 Å². The average Bonchev–Trinajstić information content (AvgIpc) is 2.46. The van der Waals surface area contributed by atoms with E-state index in [1.54, 1.807) is 42.5 Å². The first-order valence-electron chi connectivity index (χ1n) is 6.19. The molecule has 1 aromatic heterocycles. The maximum atomic E-state index is 11.5. The fourth-order valence-corrected chi connectivity index (χ4v) is 2.81. The minimum atomic E-state index is -1.04. The molecule has 0 spiro atoms. The van der Waals surface area contributed by atoms with Crippen molar-refractivity contribution >= 4 is 32.8 Å². The molecule has 0 bridgehead atoms. The quantitative estimate of drug-likeness (QED) is 0.735. The summed E-state index contributed by atoms with van der Waals surface area (Å²) >= 11 is 3.36. The van der Waals surface area contributed by atoms with Gasteiger partial charge in [0.15, 0.2) is 0 Å². The van der Waals surface area contributed by atoms with Crippen LogP contribution in [-0.4, -0.2) is 21.2 Å². The van der Waals surface area contributed by atoms with Crippen LogP contribution in [0.25, 0.3) is 22.2 Å². The molecular formula is C16H10BrNO3. The van der Waals surface area contributed by atoms with Gasteiger partial charge in [0.25, 0.3) is 0 Å². The number of phenols is 1. The van der Waals surface area contributed by atoms with Crippen LogP contribution in [0, 0.1) is 0 Å². The summed E-state index contributed by atoms with van der Waals surface area (Å²) in [6, 6.07) is 13.5. The van der Waals surface area contributed by atoms with E-state index in [0.29, 0.717) is 26.6 Å². The summed E-state index contributed by atoms with van der Waals surface area (Å²) in [6.07, 6.45) is 0. The number of fused-ring (bicyclic) bond motifs is 1. The van der Waals surface area contributed by atoms with E-state index in [-0.39, 0.29) is 11.3 Å². The van der Waals surface area contributed by atoms with Crippen molar-refractivity contribution in [3.63, 3.8) is 0 Å². The molecule has 0 unspecified atom stereocenters. The van der Waals surface area contributed by atoms with Crippen LogP contribution in [0.4, 0.5) is 0 Å². The highest BCUT2D eigenvalue weighted by Gasteiger charge is 2.16. The Hall–Kier alpha value is -2.40. The van der Waals surface area contributed by atoms with Crippen LogP contribution < -0.4 is 0 Å². The molecule has 0 atom stereocenters. The summed E-state index contributed by atoms with van der Waals surface area (Å²) < 4.78 is 0.675. The summed E-state index contributed by atoms with van der Waals surface area (Å²) in [6.45, 7) is 0. The fraction of sp³-hybridized carbons (Fsp3) is 0. The number of aromatic carboxylic acids is 1. The van der Waals surface area contributed by atoms with Crippen LogP contribution in [-0.2, 0) is 0 Å². The zero-order valence-electron chi connectivity index (χ0n) is 10.7. The summed E-state index contributed by atoms with van der Waals surface area (Å²) in [5, 5.41) is 19.9. The summed E-state index contributed by atoms with van der Waals surface area (Å²) in [7, 11) is 0. The Bertz CT molecular complexity index is 861. The van der Waals surface area contributed by atoms with E-state index in [4.69, 9.17) is 0 Å². The lowest BCUT2D eigenvalue weighted by atomic mass is 10.0. The lowest BCUT2D eigenvalue weighted by molar-refractivity contribution is 0.0699. The number of carboxylic acids is 1. The van der Waals surface area contributed by atoms with E-state index in [0.717, 1.165) is 0 Å². The molecule has 3 aromatic rings. The maximum Gasteiger partial charge on any atom is 0.336 e. The van der Waals surface area contributed by atoms with Crippen molar-refractivity contribution in [3.05, 3.63) is 58.6 Å². The molecule has 2 aromatic carbocycles. The number of aromatic hydroxyl groups is 1. The molecule has 3 rings (SSSR count). The van der Waals surface area contributed by atoms with Gasteiger partial charge in [-0.2, -0.15) is 0 Å². The molecular weight excluding hydrogens is 334 g/mol. The predicted molar refractivity (Wildman–Crippen MR) is 83.5 cm³/mol. The lowest BCUT2D eigenvalue weighted by Crippen LogP contribution is -2.01. The van der Waals surface area contributed by atoms with Crippen LogP contribution in [0.15, 0.2) is 53.0 Å². The van der Waals surface area contributed by atoms with E-state index >= 15 is 0 Å². The van der Waals surface area contributed by atoms with Crippen molar-refractivity contribution in [1.29, 1.82) is 0 Å². The Kier molecular flexibility index (Phi) is 3.35. The Morgan fingerprint density at radius 1 is 1.10 bits per heavy atom. The summed E-state index contributed by atoms with van der Waals surface area (Å²) in [5.41, 5.74) is 1.63. The SMILES string of the molecule is O=C(O)c1cc(-c2ccccc2O)nc2cccc(Br)c12. The van der Waals surface area contributed by atoms with Crippen molar-refractivity contribution < 1.29 is 15.0 Å². The molecule has 0 aliphatic rings. The number of hydrogen-bond acceptors (Lipinski definition) is 3. The number of carboxylic acid groups (broad SMARTS) is 1. The van der Waals surface area contributed by atoms with E-state index in [1.807, 2.05) is 0 Å². The Labute approximate surface area is 128 Å². The van der Waals surface area contributed by atoms with Gasteiger partial charge in [0, 0.05) is 15.4 Å². The number of rotatable bonds is 2. The molecule has 21 heavy (non-hydrogen) atoms. The molecule has 0 aliphatic carbocycles. The first-order chi connectivity index (χ1) is 10.1. The summed E-state index contributed by atoms with van der Waals surface area (Å²) in [5.74, 6) is -0.971. The van der Waals surface area contributed by atoms with Crippen molar-refractivity contribution in [2.45, 2.75) is 0 Å². The minimum absolute atomic E-state index is 0.0654. The van der Waals surface area contributed by atoms with E-state index in [1.165, 1.54) is 6.07 Å². The smallest absolute Gasteiger partial charge is 0.336 e. The van der Waals surface area contributed by atoms with Gasteiger partial charge in [-0.05, 0) is 30.3 Å². The predicted octanol–water partition coefficient (Wildman–Crippen LogP) is 4.07. The van der Waals surface area contributed by atoms with Crippen LogP contribution in [0.2, 0.25) is 0 Å². The third-order valence-corrected chi connectivity index (χ3v) is 3.85. The van der Waals surface area contributed by atoms with Gasteiger partial charge in [0.05, 0.1) is 16.8 Å². The second-order valence-electron chi connectivity index (χ2n) is 4.51. The molecule has 5 heteroatoms. The van der Waals surface area contributed by atoms with Crippen LogP contribution in [0.1, 0.15) is 10.4 Å². The van der Waals surface area contributed by atoms with Gasteiger partial charge in [-0.1, -0.05) is 34.1 Å². The highest BCUT2D eigenvalue weighted by molar-refractivity contribution is 9.10. The monoisotopic (exact) mass is 343 g/mol. The van der Waals surface area contributed by atoms with Gasteiger partial charge in [-0.15, -0.1) is 0 Å². The second kappa shape index (κ2) is 5.18. The first kappa shape index (κ1) is 13.6. The number of hydrogen-bond donors (Lipinski definition) is 2. The van der Waals surface area contributed by atoms with Gasteiger partial charge in [0.2, 0.25) is 0 Å². The van der Waals surface area contributed by atoms with E-state index in [9.17, 15) is 15.0 Å². The molecule has 104 valence electrons. The van der Waals surface area contributed by atoms with Gasteiger partial charge in [0.1, 0.15) is 5.75 Å². The highest BCUT2D eigenvalue weighted by Crippen LogP contribution is 2.33. The molecule has 0 aliphatic heterocycles. The van der Waals surface area contributed by atoms with E-state index < -0.39 is 5.97 Å². The number of nitrogens with zero attached hydrogens (tertiary/aromatic N) is 1. The topological polar surface area (TPSA) is 70.4 Å². The molecule has 1 heterocycles. The lowest BCUT2D eigenvalue weighted by Gasteiger charge is -2.09. The van der Waals surface area contributed by atoms with Crippen LogP contribution in [0.5, 0.6) is 5.75 Å². The number of halogens is 1. The largest absolute Gasteiger partial charge is 0.507 e. The Morgan fingerprint density at radius 2 is 1.86 bits per heavy atom. The maximum absolute atomic E-state index is 11.5. The third-order valence-electron chi connectivity index (χ3n) is 3.19. The Morgan fingerprint density at radius 3 is 2.57 bits per heavy atom. The van der Waals surface area contributed by atoms with Gasteiger partial charge >= 0.3 is 5.97 Å². The summed E-state index contributed by atoms with van der Waals surface area (Å²) in [4.78, 5) is 16.0. The molecule has 0 radical (unpaired) electrons. The molecule has 0 fully saturated rings. The number of carbonyl (C=O) groups is 1. The number of aromatic nitrogens is 1. The van der Waals surface area contributed by atoms with Crippen molar-refractivity contribution in [2.24, 2.45) is 0 Å². The zero-order valence-corrected chi connectivity index (χ0v) is 12.3. The number of phenolic OH excluding ortho intramolecular Hbond substituents is 1. The molecule has 0 amide bonds. The van der Waals surface area contributed by atoms with Crippen molar-refractivity contribution in [2.75, 3.05) is 0 Å². The number of pyridine rings is 1. The first-order valence-corrected chi connectivity index (χ1v) is 6.98. The van der Waals surface area contributed by atoms with Crippen molar-refractivity contribution in [1.82, 2.24) is 4.98 Å². The second-order valence-corrected chi connectivity index (χ2v) is 5.37. The van der Waals surface area contributed by atoms with Gasteiger partial charge in [-0.25, -0.2) is 9.78 Å². The normalized spacial score (nSPS) is 10.7. The van der Waals surface area contributed by atoms with Gasteiger partial charge in [-0.3, -0.25) is 0 Å². The Balaban J connectivity index is 2.37. The number of para-hydroxylation sites is 1. The van der Waals surface area contributed by atoms with Crippen LogP contribution in [0.3, 0.4) is 0 Å². The molecule has 4 nitrogen and oxygen atoms in total. The van der Waals surface area contributed by atoms with E-state index in [2.05, 4.69) is 20.9 Å². The molecule has 0 saturated heterocycles. The van der Waals surface area contributed by atoms with Gasteiger partial charge < -0.3 is 10.2 Å². The molecule has 0 saturated carbocycles.